The van der Waals surface area contributed by atoms with Crippen LogP contribution in [0.4, 0.5) is 0 Å². The van der Waals surface area contributed by atoms with Crippen molar-refractivity contribution in [2.45, 2.75) is 38.3 Å². The molecule has 1 fully saturated rings. The number of ether oxygens (including phenoxy) is 1. The number of nitrogens with two attached hydrogens (primary N) is 1. The summed E-state index contributed by atoms with van der Waals surface area (Å²) >= 11 is 0. The summed E-state index contributed by atoms with van der Waals surface area (Å²) in [7, 11) is 1.66. The number of likely N-dealkylation sites (tertiary alicyclic amines) is 1. The van der Waals surface area contributed by atoms with Crippen molar-refractivity contribution in [1.29, 1.82) is 0 Å². The highest BCUT2D eigenvalue weighted by Gasteiger charge is 2.34. The molecule has 0 radical (unpaired) electrons. The van der Waals surface area contributed by atoms with Gasteiger partial charge >= 0.3 is 0 Å². The van der Waals surface area contributed by atoms with Crippen LogP contribution in [0.25, 0.3) is 0 Å². The van der Waals surface area contributed by atoms with E-state index >= 15 is 0 Å². The Bertz CT molecular complexity index is 442. The summed E-state index contributed by atoms with van der Waals surface area (Å²) < 4.78 is 5.16. The Morgan fingerprint density at radius 2 is 2.05 bits per heavy atom. The van der Waals surface area contributed by atoms with Crippen molar-refractivity contribution < 1.29 is 9.53 Å². The highest BCUT2D eigenvalue weighted by atomic mass is 16.5. The number of amides is 1. The lowest BCUT2D eigenvalue weighted by Crippen LogP contribution is -2.43. The molecule has 1 aromatic rings. The van der Waals surface area contributed by atoms with Gasteiger partial charge in [-0.15, -0.1) is 0 Å². The number of rotatable bonds is 3. The lowest BCUT2D eigenvalue weighted by Gasteiger charge is -2.23. The molecule has 0 spiro atoms. The third kappa shape index (κ3) is 2.89. The second-order valence-corrected chi connectivity index (χ2v) is 5.33. The van der Waals surface area contributed by atoms with E-state index in [0.717, 1.165) is 18.7 Å². The molecule has 1 aromatic carbocycles. The van der Waals surface area contributed by atoms with Gasteiger partial charge in [-0.2, -0.15) is 0 Å². The summed E-state index contributed by atoms with van der Waals surface area (Å²) in [5, 5.41) is 0. The van der Waals surface area contributed by atoms with Crippen molar-refractivity contribution in [2.24, 2.45) is 5.73 Å². The third-order valence-electron chi connectivity index (χ3n) is 3.83. The molecule has 1 aliphatic heterocycles. The summed E-state index contributed by atoms with van der Waals surface area (Å²) in [5.74, 6) is 1.30. The summed E-state index contributed by atoms with van der Waals surface area (Å²) in [5.41, 5.74) is 6.95. The summed E-state index contributed by atoms with van der Waals surface area (Å²) in [6.45, 7) is 4.59. The van der Waals surface area contributed by atoms with Crippen molar-refractivity contribution in [3.8, 4) is 5.75 Å². The van der Waals surface area contributed by atoms with Crippen LogP contribution in [0.3, 0.4) is 0 Å². The zero-order valence-electron chi connectivity index (χ0n) is 11.8. The molecule has 3 atom stereocenters. The predicted molar refractivity (Wildman–Crippen MR) is 75.2 cm³/mol. The number of carbonyl (C=O) groups is 1. The zero-order valence-corrected chi connectivity index (χ0v) is 11.8. The Hall–Kier alpha value is -1.55. The standard InChI is InChI=1S/C15H22N2O2/c1-10-8-13(9-17(10)15(18)11(2)16)12-4-6-14(19-3)7-5-12/h4-7,10-11,13H,8-9,16H2,1-3H3/t10-,11+,13+/m0/s1. The largest absolute Gasteiger partial charge is 0.497 e. The van der Waals surface area contributed by atoms with E-state index in [4.69, 9.17) is 10.5 Å². The van der Waals surface area contributed by atoms with E-state index in [9.17, 15) is 4.79 Å². The number of benzene rings is 1. The average Bonchev–Trinajstić information content (AvgIpc) is 2.80. The van der Waals surface area contributed by atoms with Gasteiger partial charge in [0.2, 0.25) is 5.91 Å². The molecule has 1 amide bonds. The van der Waals surface area contributed by atoms with Gasteiger partial charge in [0, 0.05) is 18.5 Å². The van der Waals surface area contributed by atoms with E-state index in [1.807, 2.05) is 17.0 Å². The lowest BCUT2D eigenvalue weighted by molar-refractivity contribution is -0.132. The van der Waals surface area contributed by atoms with Crippen molar-refractivity contribution in [3.05, 3.63) is 29.8 Å². The molecule has 104 valence electrons. The quantitative estimate of drug-likeness (QED) is 0.903. The Labute approximate surface area is 114 Å². The molecule has 0 aromatic heterocycles. The van der Waals surface area contributed by atoms with Crippen molar-refractivity contribution in [2.75, 3.05) is 13.7 Å². The monoisotopic (exact) mass is 262 g/mol. The fourth-order valence-electron chi connectivity index (χ4n) is 2.72. The highest BCUT2D eigenvalue weighted by molar-refractivity contribution is 5.81. The van der Waals surface area contributed by atoms with Crippen molar-refractivity contribution >= 4 is 5.91 Å². The minimum atomic E-state index is -0.419. The highest BCUT2D eigenvalue weighted by Crippen LogP contribution is 2.32. The van der Waals surface area contributed by atoms with Gasteiger partial charge in [-0.25, -0.2) is 0 Å². The molecule has 2 N–H and O–H groups in total. The first-order valence-corrected chi connectivity index (χ1v) is 6.73. The molecule has 0 unspecified atom stereocenters. The maximum Gasteiger partial charge on any atom is 0.239 e. The SMILES string of the molecule is COc1ccc([C@@H]2C[C@H](C)N(C(=O)[C@@H](C)N)C2)cc1. The zero-order chi connectivity index (χ0) is 14.0. The first-order chi connectivity index (χ1) is 9.02. The summed E-state index contributed by atoms with van der Waals surface area (Å²) in [6, 6.07) is 7.93. The van der Waals surface area contributed by atoms with E-state index < -0.39 is 6.04 Å². The maximum atomic E-state index is 12.0. The van der Waals surface area contributed by atoms with E-state index in [1.54, 1.807) is 14.0 Å². The van der Waals surface area contributed by atoms with Crippen LogP contribution >= 0.6 is 0 Å². The van der Waals surface area contributed by atoms with Gasteiger partial charge in [0.05, 0.1) is 13.2 Å². The Kier molecular flexibility index (Phi) is 4.10. The molecule has 4 heteroatoms. The molecular weight excluding hydrogens is 240 g/mol. The van der Waals surface area contributed by atoms with Gasteiger partial charge in [-0.1, -0.05) is 12.1 Å². The molecule has 0 bridgehead atoms. The van der Waals surface area contributed by atoms with E-state index in [1.165, 1.54) is 5.56 Å². The van der Waals surface area contributed by atoms with Crippen LogP contribution in [0.1, 0.15) is 31.7 Å². The summed E-state index contributed by atoms with van der Waals surface area (Å²) in [4.78, 5) is 13.9. The van der Waals surface area contributed by atoms with Crippen molar-refractivity contribution in [1.82, 2.24) is 4.90 Å². The number of methoxy groups -OCH3 is 1. The minimum absolute atomic E-state index is 0.0449. The molecule has 1 aliphatic rings. The van der Waals surface area contributed by atoms with Crippen LogP contribution in [0.15, 0.2) is 24.3 Å². The normalized spacial score (nSPS) is 24.3. The van der Waals surface area contributed by atoms with E-state index in [-0.39, 0.29) is 11.9 Å². The van der Waals surface area contributed by atoms with E-state index in [0.29, 0.717) is 5.92 Å². The van der Waals surface area contributed by atoms with Crippen LogP contribution < -0.4 is 10.5 Å². The number of hydrogen-bond acceptors (Lipinski definition) is 3. The molecule has 0 aliphatic carbocycles. The van der Waals surface area contributed by atoms with Gasteiger partial charge in [0.15, 0.2) is 0 Å². The number of carbonyl (C=O) groups excluding carboxylic acids is 1. The second-order valence-electron chi connectivity index (χ2n) is 5.33. The van der Waals surface area contributed by atoms with Gasteiger partial charge in [0.25, 0.3) is 0 Å². The molecule has 1 saturated heterocycles. The maximum absolute atomic E-state index is 12.0. The van der Waals surface area contributed by atoms with Crippen LogP contribution in [-0.2, 0) is 4.79 Å². The van der Waals surface area contributed by atoms with Gasteiger partial charge in [-0.05, 0) is 38.0 Å². The first kappa shape index (κ1) is 13.9. The van der Waals surface area contributed by atoms with Gasteiger partial charge < -0.3 is 15.4 Å². The van der Waals surface area contributed by atoms with E-state index in [2.05, 4.69) is 19.1 Å². The molecule has 19 heavy (non-hydrogen) atoms. The molecule has 2 rings (SSSR count). The lowest BCUT2D eigenvalue weighted by atomic mass is 9.97. The van der Waals surface area contributed by atoms with Crippen LogP contribution in [-0.4, -0.2) is 36.5 Å². The second kappa shape index (κ2) is 5.61. The van der Waals surface area contributed by atoms with Crippen LogP contribution in [0, 0.1) is 0 Å². The topological polar surface area (TPSA) is 55.6 Å². The third-order valence-corrected chi connectivity index (χ3v) is 3.83. The smallest absolute Gasteiger partial charge is 0.239 e. The van der Waals surface area contributed by atoms with Crippen LogP contribution in [0.2, 0.25) is 0 Å². The minimum Gasteiger partial charge on any atom is -0.497 e. The first-order valence-electron chi connectivity index (χ1n) is 6.73. The average molecular weight is 262 g/mol. The Morgan fingerprint density at radius 1 is 1.42 bits per heavy atom. The molecular formula is C15H22N2O2. The predicted octanol–water partition coefficient (Wildman–Crippen LogP) is 1.75. The summed E-state index contributed by atoms with van der Waals surface area (Å²) in [6.07, 6.45) is 0.991. The fraction of sp³-hybridized carbons (Fsp3) is 0.533. The molecule has 4 nitrogen and oxygen atoms in total. The Balaban J connectivity index is 2.09. The fourth-order valence-corrected chi connectivity index (χ4v) is 2.72. The van der Waals surface area contributed by atoms with Crippen molar-refractivity contribution in [3.63, 3.8) is 0 Å². The van der Waals surface area contributed by atoms with Gasteiger partial charge in [0.1, 0.15) is 5.75 Å². The number of nitrogens with zero attached hydrogens (tertiary/aromatic N) is 1. The number of hydrogen-bond donors (Lipinski definition) is 1. The Morgan fingerprint density at radius 3 is 2.58 bits per heavy atom. The van der Waals surface area contributed by atoms with Gasteiger partial charge in [-0.3, -0.25) is 4.79 Å². The molecule has 0 saturated carbocycles. The van der Waals surface area contributed by atoms with Crippen LogP contribution in [0.5, 0.6) is 5.75 Å². The molecule has 1 heterocycles.